The van der Waals surface area contributed by atoms with Crippen LogP contribution in [0.5, 0.6) is 0 Å². The number of rotatable bonds is 6. The maximum atomic E-state index is 12.4. The molecule has 1 aliphatic rings. The Labute approximate surface area is 136 Å². The fraction of sp³-hybridized carbons (Fsp3) is 0.667. The first-order chi connectivity index (χ1) is 10.1. The smallest absolute Gasteiger partial charge is 0.240 e. The number of carbonyl (C=O) groups is 1. The molecule has 1 amide bonds. The Balaban J connectivity index is 2.06. The molecule has 0 aliphatic heterocycles. The summed E-state index contributed by atoms with van der Waals surface area (Å²) in [4.78, 5) is 13.7. The van der Waals surface area contributed by atoms with Gasteiger partial charge in [-0.3, -0.25) is 4.79 Å². The van der Waals surface area contributed by atoms with Crippen LogP contribution in [0, 0.1) is 0 Å². The summed E-state index contributed by atoms with van der Waals surface area (Å²) in [5.41, 5.74) is -1.15. The number of amides is 1. The summed E-state index contributed by atoms with van der Waals surface area (Å²) < 4.78 is 25.1. The van der Waals surface area contributed by atoms with Crippen LogP contribution in [0.2, 0.25) is 0 Å². The fourth-order valence-electron chi connectivity index (χ4n) is 3.12. The van der Waals surface area contributed by atoms with E-state index in [1.165, 1.54) is 17.7 Å². The molecule has 1 saturated carbocycles. The van der Waals surface area contributed by atoms with Gasteiger partial charge in [0.15, 0.2) is 0 Å². The van der Waals surface area contributed by atoms with Gasteiger partial charge in [-0.25, -0.2) is 13.1 Å². The minimum Gasteiger partial charge on any atom is -0.354 e. The van der Waals surface area contributed by atoms with Gasteiger partial charge in [0.1, 0.15) is 5.54 Å². The van der Waals surface area contributed by atoms with Crippen LogP contribution in [0.4, 0.5) is 0 Å². The Kier molecular flexibility index (Phi) is 4.99. The molecule has 0 bridgehead atoms. The summed E-state index contributed by atoms with van der Waals surface area (Å²) in [6.07, 6.45) is 5.52. The van der Waals surface area contributed by atoms with Crippen molar-refractivity contribution in [1.29, 1.82) is 0 Å². The van der Waals surface area contributed by atoms with Gasteiger partial charge in [0.25, 0.3) is 0 Å². The maximum absolute atomic E-state index is 12.4. The maximum Gasteiger partial charge on any atom is 0.240 e. The number of sulfonamides is 1. The van der Waals surface area contributed by atoms with Gasteiger partial charge in [0.2, 0.25) is 15.9 Å². The molecule has 0 atom stereocenters. The Bertz CT molecular complexity index is 615. The van der Waals surface area contributed by atoms with E-state index in [1.54, 1.807) is 25.2 Å². The van der Waals surface area contributed by atoms with Crippen molar-refractivity contribution in [3.8, 4) is 0 Å². The van der Waals surface area contributed by atoms with Crippen LogP contribution in [0.15, 0.2) is 17.5 Å². The van der Waals surface area contributed by atoms with Gasteiger partial charge < -0.3 is 5.32 Å². The Morgan fingerprint density at radius 2 is 2.00 bits per heavy atom. The van der Waals surface area contributed by atoms with E-state index in [0.29, 0.717) is 6.54 Å². The zero-order chi connectivity index (χ0) is 16.4. The number of nitrogens with one attached hydrogen (secondary N) is 2. The lowest BCUT2D eigenvalue weighted by Gasteiger charge is -2.31. The largest absolute Gasteiger partial charge is 0.354 e. The minimum atomic E-state index is -3.43. The van der Waals surface area contributed by atoms with Crippen molar-refractivity contribution in [3.05, 3.63) is 22.4 Å². The molecule has 1 aliphatic carbocycles. The third kappa shape index (κ3) is 4.08. The average Bonchev–Trinajstić information content (AvgIpc) is 3.04. The third-order valence-corrected chi connectivity index (χ3v) is 6.20. The molecule has 2 N–H and O–H groups in total. The van der Waals surface area contributed by atoms with Gasteiger partial charge in [-0.1, -0.05) is 18.9 Å². The molecule has 5 nitrogen and oxygen atoms in total. The number of hydrogen-bond acceptors (Lipinski definition) is 4. The lowest BCUT2D eigenvalue weighted by molar-refractivity contribution is -0.126. The highest BCUT2D eigenvalue weighted by atomic mass is 32.2. The molecule has 1 aromatic heterocycles. The molecule has 124 valence electrons. The average molecular weight is 345 g/mol. The van der Waals surface area contributed by atoms with E-state index < -0.39 is 15.6 Å². The summed E-state index contributed by atoms with van der Waals surface area (Å²) in [5.74, 6) is -0.291. The summed E-state index contributed by atoms with van der Waals surface area (Å²) in [5, 5.41) is 5.02. The molecular weight excluding hydrogens is 320 g/mol. The molecule has 2 rings (SSSR count). The van der Waals surface area contributed by atoms with Crippen molar-refractivity contribution in [3.63, 3.8) is 0 Å². The molecule has 0 saturated heterocycles. The standard InChI is InChI=1S/C15H24N2O3S2/c1-14(2,17-22(3,19)20)13(18)16-11-15(8-4-5-9-15)12-7-6-10-21-12/h6-7,10,17H,4-5,8-9,11H2,1-3H3,(H,16,18). The van der Waals surface area contributed by atoms with Crippen molar-refractivity contribution >= 4 is 27.3 Å². The highest BCUT2D eigenvalue weighted by Gasteiger charge is 2.38. The van der Waals surface area contributed by atoms with Crippen molar-refractivity contribution in [2.75, 3.05) is 12.8 Å². The molecule has 0 unspecified atom stereocenters. The van der Waals surface area contributed by atoms with Gasteiger partial charge in [-0.05, 0) is 38.1 Å². The topological polar surface area (TPSA) is 75.3 Å². The van der Waals surface area contributed by atoms with Crippen molar-refractivity contribution < 1.29 is 13.2 Å². The lowest BCUT2D eigenvalue weighted by atomic mass is 9.84. The molecule has 7 heteroatoms. The lowest BCUT2D eigenvalue weighted by Crippen LogP contribution is -2.56. The number of hydrogen-bond donors (Lipinski definition) is 2. The highest BCUT2D eigenvalue weighted by Crippen LogP contribution is 2.42. The van der Waals surface area contributed by atoms with Crippen molar-refractivity contribution in [2.45, 2.75) is 50.5 Å². The molecule has 22 heavy (non-hydrogen) atoms. The number of thiophene rings is 1. The van der Waals surface area contributed by atoms with Gasteiger partial charge in [-0.15, -0.1) is 11.3 Å². The van der Waals surface area contributed by atoms with Gasteiger partial charge in [-0.2, -0.15) is 0 Å². The van der Waals surface area contributed by atoms with Crippen LogP contribution in [0.25, 0.3) is 0 Å². The van der Waals surface area contributed by atoms with Gasteiger partial charge in [0, 0.05) is 16.8 Å². The summed E-state index contributed by atoms with van der Waals surface area (Å²) in [6.45, 7) is 3.72. The highest BCUT2D eigenvalue weighted by molar-refractivity contribution is 7.88. The first-order valence-electron chi connectivity index (χ1n) is 7.46. The first kappa shape index (κ1) is 17.4. The monoisotopic (exact) mass is 344 g/mol. The normalized spacial score (nSPS) is 18.3. The molecular formula is C15H24N2O3S2. The molecule has 0 spiro atoms. The Morgan fingerprint density at radius 3 is 2.50 bits per heavy atom. The minimum absolute atomic E-state index is 0.00496. The zero-order valence-corrected chi connectivity index (χ0v) is 14.9. The van der Waals surface area contributed by atoms with Gasteiger partial charge >= 0.3 is 0 Å². The van der Waals surface area contributed by atoms with Crippen molar-refractivity contribution in [1.82, 2.24) is 10.0 Å². The van der Waals surface area contributed by atoms with Crippen molar-refractivity contribution in [2.24, 2.45) is 0 Å². The van der Waals surface area contributed by atoms with E-state index >= 15 is 0 Å². The van der Waals surface area contributed by atoms with Crippen LogP contribution in [-0.4, -0.2) is 32.7 Å². The first-order valence-corrected chi connectivity index (χ1v) is 10.2. The second-order valence-corrected chi connectivity index (χ2v) is 9.34. The second-order valence-electron chi connectivity index (χ2n) is 6.65. The molecule has 0 aromatic carbocycles. The van der Waals surface area contributed by atoms with E-state index in [2.05, 4.69) is 21.5 Å². The molecule has 1 heterocycles. The molecule has 0 radical (unpaired) electrons. The van der Waals surface area contributed by atoms with Crippen LogP contribution in [-0.2, 0) is 20.2 Å². The van der Waals surface area contributed by atoms with E-state index in [-0.39, 0.29) is 11.3 Å². The van der Waals surface area contributed by atoms with Crippen LogP contribution in [0.1, 0.15) is 44.4 Å². The summed E-state index contributed by atoms with van der Waals surface area (Å²) in [6, 6.07) is 4.17. The second kappa shape index (κ2) is 6.29. The SMILES string of the molecule is CC(C)(NS(C)(=O)=O)C(=O)NCC1(c2cccs2)CCCC1. The van der Waals surface area contributed by atoms with Crippen LogP contribution >= 0.6 is 11.3 Å². The Hall–Kier alpha value is -0.920. The van der Waals surface area contributed by atoms with E-state index in [0.717, 1.165) is 19.1 Å². The van der Waals surface area contributed by atoms with E-state index in [4.69, 9.17) is 0 Å². The van der Waals surface area contributed by atoms with Crippen LogP contribution in [0.3, 0.4) is 0 Å². The van der Waals surface area contributed by atoms with E-state index in [1.807, 2.05) is 6.07 Å². The predicted octanol–water partition coefficient (Wildman–Crippen LogP) is 2.00. The predicted molar refractivity (Wildman–Crippen MR) is 89.5 cm³/mol. The molecule has 1 fully saturated rings. The van der Waals surface area contributed by atoms with Crippen LogP contribution < -0.4 is 10.0 Å². The Morgan fingerprint density at radius 1 is 1.36 bits per heavy atom. The van der Waals surface area contributed by atoms with Gasteiger partial charge in [0.05, 0.1) is 6.26 Å². The van der Waals surface area contributed by atoms with E-state index in [9.17, 15) is 13.2 Å². The summed E-state index contributed by atoms with van der Waals surface area (Å²) in [7, 11) is -3.43. The zero-order valence-electron chi connectivity index (χ0n) is 13.3. The summed E-state index contributed by atoms with van der Waals surface area (Å²) >= 11 is 1.73. The number of carbonyl (C=O) groups excluding carboxylic acids is 1. The quantitative estimate of drug-likeness (QED) is 0.829. The molecule has 1 aromatic rings. The fourth-order valence-corrected chi connectivity index (χ4v) is 5.13. The third-order valence-electron chi connectivity index (χ3n) is 4.20.